The molecule has 32 heavy (non-hydrogen) atoms. The van der Waals surface area contributed by atoms with Gasteiger partial charge in [0, 0.05) is 12.1 Å². The number of carbonyl (C=O) groups is 1. The Bertz CT molecular complexity index is 1220. The van der Waals surface area contributed by atoms with Gasteiger partial charge in [0.05, 0.1) is 11.6 Å². The number of ether oxygens (including phenoxy) is 2. The molecule has 0 saturated carbocycles. The van der Waals surface area contributed by atoms with E-state index in [0.717, 1.165) is 5.56 Å². The zero-order valence-corrected chi connectivity index (χ0v) is 18.5. The Balaban J connectivity index is 1.41. The molecule has 3 aromatic carbocycles. The van der Waals surface area contributed by atoms with Crippen molar-refractivity contribution in [1.29, 1.82) is 0 Å². The number of hydrogen-bond donors (Lipinski definition) is 2. The summed E-state index contributed by atoms with van der Waals surface area (Å²) in [5.41, 5.74) is 0.976. The van der Waals surface area contributed by atoms with Crippen molar-refractivity contribution >= 4 is 27.5 Å². The van der Waals surface area contributed by atoms with Gasteiger partial charge in [-0.2, -0.15) is 0 Å². The molecule has 0 spiro atoms. The van der Waals surface area contributed by atoms with Gasteiger partial charge in [-0.05, 0) is 35.9 Å². The molecule has 4 rings (SSSR count). The monoisotopic (exact) mass is 472 g/mol. The van der Waals surface area contributed by atoms with Crippen LogP contribution in [0.2, 0.25) is 5.02 Å². The van der Waals surface area contributed by atoms with Crippen LogP contribution in [0, 0.1) is 0 Å². The van der Waals surface area contributed by atoms with Crippen molar-refractivity contribution in [3.8, 4) is 11.5 Å². The van der Waals surface area contributed by atoms with Crippen LogP contribution >= 0.6 is 11.6 Å². The van der Waals surface area contributed by atoms with Gasteiger partial charge in [-0.15, -0.1) is 0 Å². The van der Waals surface area contributed by atoms with E-state index in [0.29, 0.717) is 18.1 Å². The molecule has 0 aliphatic carbocycles. The quantitative estimate of drug-likeness (QED) is 0.549. The number of carbonyl (C=O) groups excluding carboxylic acids is 1. The van der Waals surface area contributed by atoms with E-state index < -0.39 is 15.9 Å². The first kappa shape index (κ1) is 22.1. The molecule has 9 heteroatoms. The average molecular weight is 473 g/mol. The van der Waals surface area contributed by atoms with Gasteiger partial charge in [-0.1, -0.05) is 54.1 Å². The molecule has 1 amide bonds. The molecular weight excluding hydrogens is 452 g/mol. The van der Waals surface area contributed by atoms with E-state index in [1.54, 1.807) is 6.07 Å². The van der Waals surface area contributed by atoms with E-state index in [9.17, 15) is 13.2 Å². The third-order valence-corrected chi connectivity index (χ3v) is 6.73. The number of hydrogen-bond acceptors (Lipinski definition) is 5. The molecule has 166 valence electrons. The molecule has 1 heterocycles. The number of amides is 1. The number of para-hydroxylation sites is 2. The SMILES string of the molecule is O=C(NC[C@@H]1COc2ccccc2O1)c1ccc(Cl)c(S(=O)(=O)NCc2ccccc2)c1. The number of halogens is 1. The number of benzene rings is 3. The summed E-state index contributed by atoms with van der Waals surface area (Å²) in [5, 5.41) is 2.78. The van der Waals surface area contributed by atoms with Crippen molar-refractivity contribution < 1.29 is 22.7 Å². The van der Waals surface area contributed by atoms with Crippen LogP contribution in [-0.2, 0) is 16.6 Å². The second kappa shape index (κ2) is 9.60. The summed E-state index contributed by atoms with van der Waals surface area (Å²) in [4.78, 5) is 12.5. The molecule has 2 N–H and O–H groups in total. The van der Waals surface area contributed by atoms with Gasteiger partial charge in [0.2, 0.25) is 10.0 Å². The minimum absolute atomic E-state index is 0.0303. The maximum atomic E-state index is 12.8. The Morgan fingerprint density at radius 3 is 2.50 bits per heavy atom. The molecule has 0 saturated heterocycles. The summed E-state index contributed by atoms with van der Waals surface area (Å²) < 4.78 is 39.5. The summed E-state index contributed by atoms with van der Waals surface area (Å²) in [6, 6.07) is 20.5. The first-order chi connectivity index (χ1) is 15.4. The van der Waals surface area contributed by atoms with Gasteiger partial charge < -0.3 is 14.8 Å². The van der Waals surface area contributed by atoms with E-state index >= 15 is 0 Å². The highest BCUT2D eigenvalue weighted by Crippen LogP contribution is 2.30. The molecule has 0 fully saturated rings. The highest BCUT2D eigenvalue weighted by Gasteiger charge is 2.23. The van der Waals surface area contributed by atoms with Crippen LogP contribution in [0.15, 0.2) is 77.7 Å². The number of fused-ring (bicyclic) bond motifs is 1. The third kappa shape index (κ3) is 5.21. The fraction of sp³-hybridized carbons (Fsp3) is 0.174. The highest BCUT2D eigenvalue weighted by molar-refractivity contribution is 7.89. The van der Waals surface area contributed by atoms with E-state index in [2.05, 4.69) is 10.0 Å². The molecule has 0 radical (unpaired) electrons. The Labute approximate surface area is 191 Å². The lowest BCUT2D eigenvalue weighted by molar-refractivity contribution is 0.0789. The van der Waals surface area contributed by atoms with E-state index in [1.165, 1.54) is 18.2 Å². The molecule has 1 aliphatic heterocycles. The van der Waals surface area contributed by atoms with Crippen LogP contribution in [0.3, 0.4) is 0 Å². The third-order valence-electron chi connectivity index (χ3n) is 4.85. The second-order valence-corrected chi connectivity index (χ2v) is 9.31. The minimum Gasteiger partial charge on any atom is -0.486 e. The summed E-state index contributed by atoms with van der Waals surface area (Å²) in [6.07, 6.45) is -0.364. The van der Waals surface area contributed by atoms with Crippen LogP contribution in [0.4, 0.5) is 0 Å². The van der Waals surface area contributed by atoms with Gasteiger partial charge in [0.25, 0.3) is 5.91 Å². The Morgan fingerprint density at radius 2 is 1.72 bits per heavy atom. The predicted molar refractivity (Wildman–Crippen MR) is 121 cm³/mol. The van der Waals surface area contributed by atoms with Crippen LogP contribution in [0.25, 0.3) is 0 Å². The van der Waals surface area contributed by atoms with Crippen molar-refractivity contribution in [2.24, 2.45) is 0 Å². The van der Waals surface area contributed by atoms with E-state index in [-0.39, 0.29) is 34.7 Å². The van der Waals surface area contributed by atoms with Gasteiger partial charge in [0.1, 0.15) is 17.6 Å². The lowest BCUT2D eigenvalue weighted by Gasteiger charge is -2.26. The first-order valence-electron chi connectivity index (χ1n) is 9.92. The highest BCUT2D eigenvalue weighted by atomic mass is 35.5. The predicted octanol–water partition coefficient (Wildman–Crippen LogP) is 3.39. The fourth-order valence-corrected chi connectivity index (χ4v) is 4.72. The maximum Gasteiger partial charge on any atom is 0.251 e. The van der Waals surface area contributed by atoms with Crippen LogP contribution in [-0.4, -0.2) is 33.6 Å². The molecule has 3 aromatic rings. The molecule has 0 unspecified atom stereocenters. The summed E-state index contributed by atoms with van der Waals surface area (Å²) in [5.74, 6) is 0.830. The van der Waals surface area contributed by atoms with Gasteiger partial charge in [-0.3, -0.25) is 4.79 Å². The molecule has 7 nitrogen and oxygen atoms in total. The van der Waals surface area contributed by atoms with Crippen molar-refractivity contribution in [3.63, 3.8) is 0 Å². The van der Waals surface area contributed by atoms with Gasteiger partial charge >= 0.3 is 0 Å². The summed E-state index contributed by atoms with van der Waals surface area (Å²) in [6.45, 7) is 0.599. The normalized spacial score (nSPS) is 15.2. The van der Waals surface area contributed by atoms with Crippen molar-refractivity contribution in [3.05, 3.63) is 88.9 Å². The van der Waals surface area contributed by atoms with Crippen LogP contribution < -0.4 is 19.5 Å². The standard InChI is InChI=1S/C23H21ClN2O5S/c24-19-11-10-17(12-22(19)32(28,29)26-13-16-6-2-1-3-7-16)23(27)25-14-18-15-30-20-8-4-5-9-21(20)31-18/h1-12,18,26H,13-15H2,(H,25,27)/t18-/m1/s1. The molecular formula is C23H21ClN2O5S. The number of sulfonamides is 1. The van der Waals surface area contributed by atoms with Gasteiger partial charge in [0.15, 0.2) is 11.5 Å². The summed E-state index contributed by atoms with van der Waals surface area (Å²) >= 11 is 6.13. The fourth-order valence-electron chi connectivity index (χ4n) is 3.17. The lowest BCUT2D eigenvalue weighted by Crippen LogP contribution is -2.40. The zero-order chi connectivity index (χ0) is 22.6. The first-order valence-corrected chi connectivity index (χ1v) is 11.8. The van der Waals surface area contributed by atoms with Crippen LogP contribution in [0.5, 0.6) is 11.5 Å². The molecule has 0 aromatic heterocycles. The molecule has 0 bridgehead atoms. The maximum absolute atomic E-state index is 12.8. The molecule has 1 aliphatic rings. The second-order valence-electron chi connectivity index (χ2n) is 7.16. The number of rotatable bonds is 7. The largest absolute Gasteiger partial charge is 0.486 e. The van der Waals surface area contributed by atoms with E-state index in [1.807, 2.05) is 48.5 Å². The number of nitrogens with one attached hydrogen (secondary N) is 2. The Kier molecular flexibility index (Phi) is 6.64. The van der Waals surface area contributed by atoms with Crippen molar-refractivity contribution in [2.45, 2.75) is 17.5 Å². The molecule has 1 atom stereocenters. The average Bonchev–Trinajstić information content (AvgIpc) is 2.82. The zero-order valence-electron chi connectivity index (χ0n) is 17.0. The Morgan fingerprint density at radius 1 is 1.00 bits per heavy atom. The smallest absolute Gasteiger partial charge is 0.251 e. The lowest BCUT2D eigenvalue weighted by atomic mass is 10.2. The Hall–Kier alpha value is -3.07. The van der Waals surface area contributed by atoms with E-state index in [4.69, 9.17) is 21.1 Å². The van der Waals surface area contributed by atoms with Crippen LogP contribution in [0.1, 0.15) is 15.9 Å². The topological polar surface area (TPSA) is 93.7 Å². The minimum atomic E-state index is -3.92. The van der Waals surface area contributed by atoms with Crippen molar-refractivity contribution in [2.75, 3.05) is 13.2 Å². The van der Waals surface area contributed by atoms with Crippen molar-refractivity contribution in [1.82, 2.24) is 10.0 Å². The summed E-state index contributed by atoms with van der Waals surface area (Å²) in [7, 11) is -3.92. The van der Waals surface area contributed by atoms with Gasteiger partial charge in [-0.25, -0.2) is 13.1 Å².